The van der Waals surface area contributed by atoms with Crippen molar-refractivity contribution in [2.45, 2.75) is 43.8 Å². The van der Waals surface area contributed by atoms with Crippen LogP contribution in [0.5, 0.6) is 0 Å². The number of benzene rings is 1. The molecule has 1 aliphatic heterocycles. The minimum absolute atomic E-state index is 0.0347. The molecule has 1 aromatic rings. The van der Waals surface area contributed by atoms with E-state index in [0.29, 0.717) is 26.1 Å². The quantitative estimate of drug-likeness (QED) is 0.614. The number of hydrogen-bond donors (Lipinski definition) is 2. The Hall–Kier alpha value is -1.60. The van der Waals surface area contributed by atoms with Gasteiger partial charge in [0.25, 0.3) is 0 Å². The molecule has 1 saturated heterocycles. The zero-order valence-electron chi connectivity index (χ0n) is 14.5. The largest absolute Gasteiger partial charge is 0.381 e. The van der Waals surface area contributed by atoms with E-state index in [0.717, 1.165) is 18.5 Å². The zero-order valence-corrected chi connectivity index (χ0v) is 15.4. The van der Waals surface area contributed by atoms with Gasteiger partial charge in [-0.25, -0.2) is 8.42 Å². The molecule has 6 nitrogen and oxygen atoms in total. The van der Waals surface area contributed by atoms with Gasteiger partial charge in [0.05, 0.1) is 17.5 Å². The van der Waals surface area contributed by atoms with E-state index < -0.39 is 9.84 Å². The maximum atomic E-state index is 12.3. The number of nitrogens with zero attached hydrogens (tertiary/aromatic N) is 1. The van der Waals surface area contributed by atoms with Crippen LogP contribution in [0.2, 0.25) is 0 Å². The molecule has 0 radical (unpaired) electrons. The number of anilines is 1. The number of nitrogens with two attached hydrogens (primary N) is 1. The first-order valence-corrected chi connectivity index (χ1v) is 10.7. The Morgan fingerprint density at radius 3 is 2.80 bits per heavy atom. The Balaban J connectivity index is 1.57. The van der Waals surface area contributed by atoms with Gasteiger partial charge in [0.1, 0.15) is 0 Å². The van der Waals surface area contributed by atoms with Crippen LogP contribution >= 0.6 is 0 Å². The lowest BCUT2D eigenvalue weighted by molar-refractivity contribution is 0.0984. The molecule has 138 valence electrons. The SMILES string of the molecule is NC(=NCCS(=O)(=O)C1CCOCC1)Nc1cccc2c1CCCC2. The third-order valence-electron chi connectivity index (χ3n) is 4.99. The lowest BCUT2D eigenvalue weighted by Gasteiger charge is -2.21. The van der Waals surface area contributed by atoms with Crippen molar-refractivity contribution >= 4 is 21.5 Å². The summed E-state index contributed by atoms with van der Waals surface area (Å²) in [6.07, 6.45) is 5.72. The van der Waals surface area contributed by atoms with Crippen LogP contribution in [0, 0.1) is 0 Å². The monoisotopic (exact) mass is 365 g/mol. The zero-order chi connectivity index (χ0) is 17.7. The second-order valence-corrected chi connectivity index (χ2v) is 9.12. The van der Waals surface area contributed by atoms with Crippen molar-refractivity contribution in [1.29, 1.82) is 0 Å². The average Bonchev–Trinajstić information content (AvgIpc) is 2.63. The molecule has 0 saturated carbocycles. The Labute approximate surface area is 149 Å². The maximum absolute atomic E-state index is 12.3. The summed E-state index contributed by atoms with van der Waals surface area (Å²) in [4.78, 5) is 4.22. The molecule has 0 bridgehead atoms. The number of nitrogens with one attached hydrogen (secondary N) is 1. The number of rotatable bonds is 5. The molecule has 3 N–H and O–H groups in total. The van der Waals surface area contributed by atoms with Gasteiger partial charge in [-0.05, 0) is 55.7 Å². The van der Waals surface area contributed by atoms with Crippen LogP contribution in [0.4, 0.5) is 5.69 Å². The molecule has 3 rings (SSSR count). The topological polar surface area (TPSA) is 93.8 Å². The smallest absolute Gasteiger partial charge is 0.193 e. The van der Waals surface area contributed by atoms with E-state index in [4.69, 9.17) is 10.5 Å². The molecule has 1 aromatic carbocycles. The minimum atomic E-state index is -3.14. The third-order valence-corrected chi connectivity index (χ3v) is 7.23. The molecule has 0 amide bonds. The Morgan fingerprint density at radius 1 is 1.24 bits per heavy atom. The van der Waals surface area contributed by atoms with Crippen LogP contribution in [-0.4, -0.2) is 45.1 Å². The summed E-state index contributed by atoms with van der Waals surface area (Å²) in [5.41, 5.74) is 9.64. The van der Waals surface area contributed by atoms with Crippen LogP contribution in [-0.2, 0) is 27.4 Å². The predicted molar refractivity (Wildman–Crippen MR) is 101 cm³/mol. The number of guanidine groups is 1. The molecular weight excluding hydrogens is 338 g/mol. The van der Waals surface area contributed by atoms with Crippen LogP contribution in [0.15, 0.2) is 23.2 Å². The second kappa shape index (κ2) is 8.19. The minimum Gasteiger partial charge on any atom is -0.381 e. The molecule has 2 aliphatic rings. The van der Waals surface area contributed by atoms with Gasteiger partial charge in [-0.2, -0.15) is 0 Å². The van der Waals surface area contributed by atoms with Crippen molar-refractivity contribution in [1.82, 2.24) is 0 Å². The highest BCUT2D eigenvalue weighted by atomic mass is 32.2. The summed E-state index contributed by atoms with van der Waals surface area (Å²) in [6.45, 7) is 1.24. The van der Waals surface area contributed by atoms with Crippen LogP contribution in [0.25, 0.3) is 0 Å². The lowest BCUT2D eigenvalue weighted by atomic mass is 9.90. The number of fused-ring (bicyclic) bond motifs is 1. The van der Waals surface area contributed by atoms with Crippen molar-refractivity contribution in [3.05, 3.63) is 29.3 Å². The average molecular weight is 365 g/mol. The summed E-state index contributed by atoms with van der Waals surface area (Å²) in [7, 11) is -3.14. The second-order valence-electron chi connectivity index (χ2n) is 6.72. The number of ether oxygens (including phenoxy) is 1. The molecular formula is C18H27N3O3S. The fraction of sp³-hybridized carbons (Fsp3) is 0.611. The van der Waals surface area contributed by atoms with Gasteiger partial charge >= 0.3 is 0 Å². The van der Waals surface area contributed by atoms with Crippen LogP contribution in [0.1, 0.15) is 36.8 Å². The van der Waals surface area contributed by atoms with E-state index in [1.54, 1.807) is 0 Å². The third kappa shape index (κ3) is 4.73. The Bertz CT molecular complexity index is 725. The first-order chi connectivity index (χ1) is 12.1. The standard InChI is InChI=1S/C18H27N3O3S/c19-18(20-10-13-25(22,23)15-8-11-24-12-9-15)21-17-7-3-5-14-4-1-2-6-16(14)17/h3,5,7,15H,1-2,4,6,8-13H2,(H3,19,20,21). The van der Waals surface area contributed by atoms with Crippen LogP contribution in [0.3, 0.4) is 0 Å². The van der Waals surface area contributed by atoms with E-state index in [9.17, 15) is 8.42 Å². The van der Waals surface area contributed by atoms with Gasteiger partial charge in [0.15, 0.2) is 15.8 Å². The first-order valence-electron chi connectivity index (χ1n) is 9.03. The van der Waals surface area contributed by atoms with Crippen molar-refractivity contribution < 1.29 is 13.2 Å². The predicted octanol–water partition coefficient (Wildman–Crippen LogP) is 1.89. The van der Waals surface area contributed by atoms with Crippen molar-refractivity contribution in [3.8, 4) is 0 Å². The van der Waals surface area contributed by atoms with Gasteiger partial charge in [0.2, 0.25) is 0 Å². The van der Waals surface area contributed by atoms with E-state index in [1.807, 2.05) is 12.1 Å². The molecule has 7 heteroatoms. The van der Waals surface area contributed by atoms with E-state index in [1.165, 1.54) is 24.0 Å². The van der Waals surface area contributed by atoms with Gasteiger partial charge in [-0.15, -0.1) is 0 Å². The van der Waals surface area contributed by atoms with Gasteiger partial charge < -0.3 is 15.8 Å². The van der Waals surface area contributed by atoms with E-state index >= 15 is 0 Å². The molecule has 0 aromatic heterocycles. The number of aliphatic imine (C=N–C) groups is 1. The van der Waals surface area contributed by atoms with E-state index in [-0.39, 0.29) is 23.5 Å². The number of aryl methyl sites for hydroxylation is 1. The van der Waals surface area contributed by atoms with Crippen molar-refractivity contribution in [2.24, 2.45) is 10.7 Å². The Morgan fingerprint density at radius 2 is 2.00 bits per heavy atom. The van der Waals surface area contributed by atoms with Crippen molar-refractivity contribution in [3.63, 3.8) is 0 Å². The fourth-order valence-electron chi connectivity index (χ4n) is 3.57. The molecule has 0 spiro atoms. The highest BCUT2D eigenvalue weighted by molar-refractivity contribution is 7.92. The summed E-state index contributed by atoms with van der Waals surface area (Å²) in [5, 5.41) is 2.85. The highest BCUT2D eigenvalue weighted by Crippen LogP contribution is 2.27. The summed E-state index contributed by atoms with van der Waals surface area (Å²) in [5.74, 6) is 0.314. The summed E-state index contributed by atoms with van der Waals surface area (Å²) < 4.78 is 29.9. The highest BCUT2D eigenvalue weighted by Gasteiger charge is 2.27. The van der Waals surface area contributed by atoms with Gasteiger partial charge in [0, 0.05) is 18.9 Å². The molecule has 25 heavy (non-hydrogen) atoms. The molecule has 0 unspecified atom stereocenters. The van der Waals surface area contributed by atoms with Crippen LogP contribution < -0.4 is 11.1 Å². The first kappa shape index (κ1) is 18.2. The normalized spacial score (nSPS) is 19.4. The summed E-state index contributed by atoms with van der Waals surface area (Å²) in [6, 6.07) is 6.19. The number of sulfone groups is 1. The Kier molecular flexibility index (Phi) is 5.96. The molecule has 0 atom stereocenters. The molecule has 1 aliphatic carbocycles. The molecule has 1 heterocycles. The van der Waals surface area contributed by atoms with Gasteiger partial charge in [-0.1, -0.05) is 12.1 Å². The van der Waals surface area contributed by atoms with Gasteiger partial charge in [-0.3, -0.25) is 4.99 Å². The molecule has 1 fully saturated rings. The van der Waals surface area contributed by atoms with E-state index in [2.05, 4.69) is 16.4 Å². The number of hydrogen-bond acceptors (Lipinski definition) is 4. The van der Waals surface area contributed by atoms with Crippen molar-refractivity contribution in [2.75, 3.05) is 30.8 Å². The lowest BCUT2D eigenvalue weighted by Crippen LogP contribution is -2.32. The summed E-state index contributed by atoms with van der Waals surface area (Å²) >= 11 is 0. The maximum Gasteiger partial charge on any atom is 0.193 e. The fourth-order valence-corrected chi connectivity index (χ4v) is 5.16.